The Morgan fingerprint density at radius 1 is 0.947 bits per heavy atom. The summed E-state index contributed by atoms with van der Waals surface area (Å²) < 4.78 is 0. The third-order valence-electron chi connectivity index (χ3n) is 4.70. The Balaban J connectivity index is 1.71. The predicted molar refractivity (Wildman–Crippen MR) is 84.6 cm³/mol. The molecule has 2 aliphatic heterocycles. The monoisotopic (exact) mass is 284 g/mol. The van der Waals surface area contributed by atoms with Crippen LogP contribution in [0.1, 0.15) is 26.7 Å². The molecule has 110 valence electrons. The van der Waals surface area contributed by atoms with Crippen LogP contribution in [-0.4, -0.2) is 77.6 Å². The standard InChI is InChI=1S/C14H28N4S/c1-14(2,13(15)19)18-11-9-17(10-12-18)8-7-16-5-3-4-6-16/h3-12H2,1-2H3,(H2,15,19). The van der Waals surface area contributed by atoms with E-state index in [1.54, 1.807) is 0 Å². The Morgan fingerprint density at radius 3 is 1.89 bits per heavy atom. The number of piperazine rings is 1. The molecule has 2 rings (SSSR count). The van der Waals surface area contributed by atoms with E-state index in [-0.39, 0.29) is 5.54 Å². The van der Waals surface area contributed by atoms with Gasteiger partial charge in [0, 0.05) is 39.3 Å². The van der Waals surface area contributed by atoms with Crippen molar-refractivity contribution in [2.75, 3.05) is 52.4 Å². The average Bonchev–Trinajstić information content (AvgIpc) is 2.90. The van der Waals surface area contributed by atoms with Gasteiger partial charge in [0.2, 0.25) is 0 Å². The highest BCUT2D eigenvalue weighted by Crippen LogP contribution is 2.17. The van der Waals surface area contributed by atoms with Crippen molar-refractivity contribution in [2.45, 2.75) is 32.2 Å². The Kier molecular flexibility index (Phi) is 5.17. The highest BCUT2D eigenvalue weighted by Gasteiger charge is 2.32. The molecule has 0 aromatic heterocycles. The van der Waals surface area contributed by atoms with Crippen molar-refractivity contribution >= 4 is 17.2 Å². The molecule has 0 atom stereocenters. The van der Waals surface area contributed by atoms with Crippen molar-refractivity contribution in [2.24, 2.45) is 5.73 Å². The van der Waals surface area contributed by atoms with E-state index in [4.69, 9.17) is 18.0 Å². The van der Waals surface area contributed by atoms with Crippen LogP contribution in [-0.2, 0) is 0 Å². The van der Waals surface area contributed by atoms with Crippen LogP contribution in [0.2, 0.25) is 0 Å². The zero-order valence-corrected chi connectivity index (χ0v) is 13.2. The van der Waals surface area contributed by atoms with Gasteiger partial charge < -0.3 is 10.6 Å². The maximum absolute atomic E-state index is 5.85. The van der Waals surface area contributed by atoms with E-state index in [1.165, 1.54) is 39.0 Å². The number of hydrogen-bond acceptors (Lipinski definition) is 4. The third-order valence-corrected chi connectivity index (χ3v) is 5.20. The van der Waals surface area contributed by atoms with Crippen molar-refractivity contribution in [3.05, 3.63) is 0 Å². The molecule has 0 aromatic rings. The number of hydrogen-bond donors (Lipinski definition) is 1. The summed E-state index contributed by atoms with van der Waals surface area (Å²) in [6.07, 6.45) is 2.77. The molecule has 0 aromatic carbocycles. The first kappa shape index (κ1) is 15.2. The molecule has 0 spiro atoms. The zero-order valence-electron chi connectivity index (χ0n) is 12.4. The first-order valence-corrected chi connectivity index (χ1v) is 7.90. The van der Waals surface area contributed by atoms with Gasteiger partial charge in [0.25, 0.3) is 0 Å². The largest absolute Gasteiger partial charge is 0.392 e. The van der Waals surface area contributed by atoms with Crippen molar-refractivity contribution in [3.63, 3.8) is 0 Å². The Morgan fingerprint density at radius 2 is 1.42 bits per heavy atom. The van der Waals surface area contributed by atoms with Crippen molar-refractivity contribution < 1.29 is 0 Å². The smallest absolute Gasteiger partial charge is 0.0928 e. The zero-order chi connectivity index (χ0) is 13.9. The van der Waals surface area contributed by atoms with Crippen LogP contribution in [0.5, 0.6) is 0 Å². The molecule has 19 heavy (non-hydrogen) atoms. The molecule has 2 aliphatic rings. The van der Waals surface area contributed by atoms with Gasteiger partial charge in [-0.1, -0.05) is 12.2 Å². The molecule has 0 aliphatic carbocycles. The molecule has 2 saturated heterocycles. The highest BCUT2D eigenvalue weighted by atomic mass is 32.1. The van der Waals surface area contributed by atoms with E-state index >= 15 is 0 Å². The molecule has 0 saturated carbocycles. The van der Waals surface area contributed by atoms with Crippen molar-refractivity contribution in [1.29, 1.82) is 0 Å². The van der Waals surface area contributed by atoms with E-state index in [9.17, 15) is 0 Å². The molecule has 0 unspecified atom stereocenters. The van der Waals surface area contributed by atoms with Crippen LogP contribution in [0, 0.1) is 0 Å². The number of nitrogens with two attached hydrogens (primary N) is 1. The van der Waals surface area contributed by atoms with Gasteiger partial charge in [-0.25, -0.2) is 0 Å². The fraction of sp³-hybridized carbons (Fsp3) is 0.929. The molecule has 0 radical (unpaired) electrons. The van der Waals surface area contributed by atoms with E-state index in [2.05, 4.69) is 28.5 Å². The Hall–Kier alpha value is -0.230. The molecule has 2 N–H and O–H groups in total. The lowest BCUT2D eigenvalue weighted by atomic mass is 10.0. The highest BCUT2D eigenvalue weighted by molar-refractivity contribution is 7.80. The maximum atomic E-state index is 5.85. The van der Waals surface area contributed by atoms with E-state index in [1.807, 2.05) is 0 Å². The Bertz CT molecular complexity index is 305. The van der Waals surface area contributed by atoms with Gasteiger partial charge in [0.05, 0.1) is 10.5 Å². The quantitative estimate of drug-likeness (QED) is 0.755. The summed E-state index contributed by atoms with van der Waals surface area (Å²) in [7, 11) is 0. The van der Waals surface area contributed by atoms with Crippen LogP contribution in [0.4, 0.5) is 0 Å². The van der Waals surface area contributed by atoms with E-state index < -0.39 is 0 Å². The van der Waals surface area contributed by atoms with Crippen LogP contribution in [0.3, 0.4) is 0 Å². The van der Waals surface area contributed by atoms with Gasteiger partial charge in [-0.05, 0) is 39.8 Å². The van der Waals surface area contributed by atoms with Gasteiger partial charge in [0.1, 0.15) is 0 Å². The molecular weight excluding hydrogens is 256 g/mol. The molecule has 2 fully saturated rings. The lowest BCUT2D eigenvalue weighted by molar-refractivity contribution is 0.0808. The van der Waals surface area contributed by atoms with Crippen LogP contribution in [0.15, 0.2) is 0 Å². The van der Waals surface area contributed by atoms with Crippen LogP contribution in [0.25, 0.3) is 0 Å². The van der Waals surface area contributed by atoms with Gasteiger partial charge in [-0.2, -0.15) is 0 Å². The summed E-state index contributed by atoms with van der Waals surface area (Å²) in [6, 6.07) is 0. The Labute approximate surface area is 122 Å². The summed E-state index contributed by atoms with van der Waals surface area (Å²) in [5.74, 6) is 0. The minimum atomic E-state index is -0.142. The lowest BCUT2D eigenvalue weighted by Crippen LogP contribution is -2.59. The summed E-state index contributed by atoms with van der Waals surface area (Å²) >= 11 is 5.18. The predicted octanol–water partition coefficient (Wildman–Crippen LogP) is 0.765. The van der Waals surface area contributed by atoms with Crippen molar-refractivity contribution in [3.8, 4) is 0 Å². The molecular formula is C14H28N4S. The molecule has 2 heterocycles. The number of likely N-dealkylation sites (tertiary alicyclic amines) is 1. The fourth-order valence-corrected chi connectivity index (χ4v) is 3.10. The summed E-state index contributed by atoms with van der Waals surface area (Å²) in [6.45, 7) is 13.7. The average molecular weight is 284 g/mol. The van der Waals surface area contributed by atoms with Gasteiger partial charge in [-0.15, -0.1) is 0 Å². The van der Waals surface area contributed by atoms with Gasteiger partial charge in [-0.3, -0.25) is 9.80 Å². The second-order valence-corrected chi connectivity index (χ2v) is 6.74. The minimum Gasteiger partial charge on any atom is -0.392 e. The summed E-state index contributed by atoms with van der Waals surface area (Å²) in [5.41, 5.74) is 5.70. The molecule has 0 bridgehead atoms. The maximum Gasteiger partial charge on any atom is 0.0928 e. The first-order chi connectivity index (χ1) is 9.00. The van der Waals surface area contributed by atoms with Gasteiger partial charge >= 0.3 is 0 Å². The number of rotatable bonds is 5. The van der Waals surface area contributed by atoms with Gasteiger partial charge in [0.15, 0.2) is 0 Å². The molecule has 5 heteroatoms. The second-order valence-electron chi connectivity index (χ2n) is 6.30. The van der Waals surface area contributed by atoms with E-state index in [0.29, 0.717) is 4.99 Å². The fourth-order valence-electron chi connectivity index (χ4n) is 2.98. The SMILES string of the molecule is CC(C)(C(N)=S)N1CCN(CCN2CCCC2)CC1. The third kappa shape index (κ3) is 3.88. The number of nitrogens with zero attached hydrogens (tertiary/aromatic N) is 3. The normalized spacial score (nSPS) is 23.9. The second kappa shape index (κ2) is 6.48. The van der Waals surface area contributed by atoms with Crippen LogP contribution >= 0.6 is 12.2 Å². The molecule has 0 amide bonds. The molecule has 4 nitrogen and oxygen atoms in total. The number of thiocarbonyl (C=S) groups is 1. The van der Waals surface area contributed by atoms with E-state index in [0.717, 1.165) is 26.2 Å². The summed E-state index contributed by atoms with van der Waals surface area (Å²) in [4.78, 5) is 8.19. The topological polar surface area (TPSA) is 35.7 Å². The van der Waals surface area contributed by atoms with Crippen molar-refractivity contribution in [1.82, 2.24) is 14.7 Å². The summed E-state index contributed by atoms with van der Waals surface area (Å²) in [5, 5.41) is 0. The first-order valence-electron chi connectivity index (χ1n) is 7.50. The minimum absolute atomic E-state index is 0.142. The lowest BCUT2D eigenvalue weighted by Gasteiger charge is -2.43. The van der Waals surface area contributed by atoms with Crippen LogP contribution < -0.4 is 5.73 Å².